The molecule has 0 N–H and O–H groups in total. The summed E-state index contributed by atoms with van der Waals surface area (Å²) in [6, 6.07) is 0. The standard InChI is InChI=1S/C25H54N.C19H34O5/c1-5-8-11-14-17-20-23-26(4,24-21-18-15-12-9-6-2)25-22-19-16-13-10-7-3;1-2-3-4-5-6-9-12-15-18(22)24-19(23)16-13-10-7-8-11-14-17(20)21/h5-25H2,1-4H3;2-16H2,1H3,(H,20,21)/q+1;/p-1. The number of hydrogen-bond acceptors (Lipinski definition) is 5. The van der Waals surface area contributed by atoms with Crippen molar-refractivity contribution in [2.24, 2.45) is 0 Å². The molecule has 6 heteroatoms. The average Bonchev–Trinajstić information content (AvgIpc) is 3.09. The van der Waals surface area contributed by atoms with Gasteiger partial charge in [-0.05, 0) is 64.2 Å². The number of unbranched alkanes of at least 4 members (excludes halogenated alkanes) is 25. The number of nitrogens with zero attached hydrogens (tertiary/aromatic N) is 1. The van der Waals surface area contributed by atoms with E-state index in [4.69, 9.17) is 4.74 Å². The zero-order chi connectivity index (χ0) is 37.4. The Morgan fingerprint density at radius 3 is 0.900 bits per heavy atom. The molecule has 0 unspecified atom stereocenters. The summed E-state index contributed by atoms with van der Waals surface area (Å²) >= 11 is 0. The van der Waals surface area contributed by atoms with E-state index in [1.807, 2.05) is 0 Å². The van der Waals surface area contributed by atoms with Crippen LogP contribution in [0.1, 0.15) is 240 Å². The number of rotatable bonds is 37. The molecule has 0 bridgehead atoms. The van der Waals surface area contributed by atoms with Gasteiger partial charge in [0.15, 0.2) is 0 Å². The molecule has 0 saturated heterocycles. The number of aliphatic carboxylic acids is 1. The fraction of sp³-hybridized carbons (Fsp3) is 0.932. The van der Waals surface area contributed by atoms with Gasteiger partial charge in [0.1, 0.15) is 0 Å². The number of hydrogen-bond donors (Lipinski definition) is 0. The van der Waals surface area contributed by atoms with Crippen molar-refractivity contribution in [2.75, 3.05) is 26.7 Å². The predicted molar refractivity (Wildman–Crippen MR) is 212 cm³/mol. The van der Waals surface area contributed by atoms with E-state index in [0.717, 1.165) is 38.5 Å². The molecule has 0 aliphatic carbocycles. The van der Waals surface area contributed by atoms with Gasteiger partial charge in [-0.25, -0.2) is 0 Å². The Hall–Kier alpha value is -1.43. The normalized spacial score (nSPS) is 11.3. The summed E-state index contributed by atoms with van der Waals surface area (Å²) in [5.74, 6) is -1.88. The lowest BCUT2D eigenvalue weighted by Crippen LogP contribution is -2.46. The quantitative estimate of drug-likeness (QED) is 0.0277. The molecule has 0 radical (unpaired) electrons. The maximum Gasteiger partial charge on any atom is 0.313 e. The topological polar surface area (TPSA) is 83.5 Å². The van der Waals surface area contributed by atoms with Crippen LogP contribution in [0.5, 0.6) is 0 Å². The second-order valence-electron chi connectivity index (χ2n) is 15.5. The largest absolute Gasteiger partial charge is 0.550 e. The van der Waals surface area contributed by atoms with E-state index in [0.29, 0.717) is 19.3 Å². The van der Waals surface area contributed by atoms with Crippen LogP contribution in [0.3, 0.4) is 0 Å². The van der Waals surface area contributed by atoms with Gasteiger partial charge in [0.05, 0.1) is 26.7 Å². The van der Waals surface area contributed by atoms with Gasteiger partial charge in [-0.2, -0.15) is 0 Å². The molecule has 0 aliphatic rings. The monoisotopic (exact) mass is 710 g/mol. The smallest absolute Gasteiger partial charge is 0.313 e. The molecule has 0 atom stereocenters. The van der Waals surface area contributed by atoms with E-state index in [1.54, 1.807) is 0 Å². The Balaban J connectivity index is 0. The Labute approximate surface area is 312 Å². The van der Waals surface area contributed by atoms with Gasteiger partial charge in [0.25, 0.3) is 0 Å². The summed E-state index contributed by atoms with van der Waals surface area (Å²) in [4.78, 5) is 33.3. The third-order valence-electron chi connectivity index (χ3n) is 10.1. The maximum absolute atomic E-state index is 11.5. The molecule has 0 fully saturated rings. The fourth-order valence-electron chi connectivity index (χ4n) is 6.68. The van der Waals surface area contributed by atoms with E-state index in [1.165, 1.54) is 165 Å². The molecule has 0 spiro atoms. The summed E-state index contributed by atoms with van der Waals surface area (Å²) in [5.41, 5.74) is 0. The highest BCUT2D eigenvalue weighted by atomic mass is 16.6. The molecule has 0 aromatic heterocycles. The highest BCUT2D eigenvalue weighted by molar-refractivity contribution is 5.85. The fourth-order valence-corrected chi connectivity index (χ4v) is 6.68. The van der Waals surface area contributed by atoms with Gasteiger partial charge in [-0.1, -0.05) is 163 Å². The Morgan fingerprint density at radius 2 is 0.620 bits per heavy atom. The summed E-state index contributed by atoms with van der Waals surface area (Å²) < 4.78 is 6.15. The van der Waals surface area contributed by atoms with Crippen molar-refractivity contribution in [2.45, 2.75) is 240 Å². The van der Waals surface area contributed by atoms with E-state index in [2.05, 4.69) is 34.7 Å². The lowest BCUT2D eigenvalue weighted by Gasteiger charge is -2.35. The van der Waals surface area contributed by atoms with Gasteiger partial charge in [-0.3, -0.25) is 9.59 Å². The maximum atomic E-state index is 11.5. The van der Waals surface area contributed by atoms with Gasteiger partial charge in [-0.15, -0.1) is 0 Å². The second kappa shape index (κ2) is 40.3. The number of esters is 2. The summed E-state index contributed by atoms with van der Waals surface area (Å²) in [6.07, 6.45) is 38.3. The van der Waals surface area contributed by atoms with Crippen LogP contribution in [0.4, 0.5) is 0 Å². The lowest BCUT2D eigenvalue weighted by molar-refractivity contribution is -0.910. The van der Waals surface area contributed by atoms with Gasteiger partial charge in [0.2, 0.25) is 0 Å². The van der Waals surface area contributed by atoms with Crippen LogP contribution < -0.4 is 5.11 Å². The average molecular weight is 710 g/mol. The zero-order valence-corrected chi connectivity index (χ0v) is 34.4. The number of ether oxygens (including phenoxy) is 1. The molecule has 6 nitrogen and oxygen atoms in total. The molecule has 0 aliphatic heterocycles. The van der Waals surface area contributed by atoms with Crippen molar-refractivity contribution in [3.8, 4) is 0 Å². The number of carbonyl (C=O) groups excluding carboxylic acids is 3. The molecule has 0 aromatic carbocycles. The molecule has 298 valence electrons. The molecule has 0 heterocycles. The summed E-state index contributed by atoms with van der Waals surface area (Å²) in [7, 11) is 2.56. The molecule has 0 aromatic rings. The van der Waals surface area contributed by atoms with E-state index in [-0.39, 0.29) is 12.8 Å². The molecular formula is C44H87NO5. The van der Waals surface area contributed by atoms with Crippen LogP contribution >= 0.6 is 0 Å². The number of quaternary nitrogens is 1. The van der Waals surface area contributed by atoms with E-state index < -0.39 is 17.9 Å². The SMILES string of the molecule is CCCCCCCCCC(=O)OC(=O)CCCCCCCC(=O)[O-].CCCCCCCC[N+](C)(CCCCCCCC)CCCCCCCC. The highest BCUT2D eigenvalue weighted by Crippen LogP contribution is 2.16. The predicted octanol–water partition coefficient (Wildman–Crippen LogP) is 12.2. The van der Waals surface area contributed by atoms with Crippen LogP contribution in [0.25, 0.3) is 0 Å². The Bertz CT molecular complexity index is 699. The lowest BCUT2D eigenvalue weighted by atomic mass is 10.1. The van der Waals surface area contributed by atoms with Gasteiger partial charge < -0.3 is 19.1 Å². The Morgan fingerprint density at radius 1 is 0.380 bits per heavy atom. The molecule has 50 heavy (non-hydrogen) atoms. The first-order valence-electron chi connectivity index (χ1n) is 22.0. The number of carbonyl (C=O) groups is 3. The third kappa shape index (κ3) is 41.0. The van der Waals surface area contributed by atoms with Crippen LogP contribution in [0, 0.1) is 0 Å². The van der Waals surface area contributed by atoms with E-state index in [9.17, 15) is 19.5 Å². The number of carboxylic acids is 1. The van der Waals surface area contributed by atoms with Crippen molar-refractivity contribution in [1.82, 2.24) is 0 Å². The van der Waals surface area contributed by atoms with Crippen LogP contribution in [0.2, 0.25) is 0 Å². The first-order chi connectivity index (χ1) is 24.2. The van der Waals surface area contributed by atoms with Crippen LogP contribution in [0.15, 0.2) is 0 Å². The van der Waals surface area contributed by atoms with Crippen molar-refractivity contribution in [1.29, 1.82) is 0 Å². The van der Waals surface area contributed by atoms with Crippen molar-refractivity contribution in [3.05, 3.63) is 0 Å². The zero-order valence-electron chi connectivity index (χ0n) is 34.4. The molecule has 0 amide bonds. The first kappa shape index (κ1) is 50.7. The molecule has 0 saturated carbocycles. The van der Waals surface area contributed by atoms with E-state index >= 15 is 0 Å². The molecule has 0 rings (SSSR count). The van der Waals surface area contributed by atoms with Gasteiger partial charge >= 0.3 is 11.9 Å². The molecular weight excluding hydrogens is 622 g/mol. The minimum atomic E-state index is -1.02. The minimum Gasteiger partial charge on any atom is -0.550 e. The Kier molecular flexibility index (Phi) is 40.9. The van der Waals surface area contributed by atoms with Crippen molar-refractivity contribution >= 4 is 17.9 Å². The van der Waals surface area contributed by atoms with Gasteiger partial charge in [0, 0.05) is 18.8 Å². The third-order valence-corrected chi connectivity index (χ3v) is 10.1. The summed E-state index contributed by atoms with van der Waals surface area (Å²) in [6.45, 7) is 13.4. The number of carboxylic acid groups (broad SMARTS) is 1. The van der Waals surface area contributed by atoms with Crippen LogP contribution in [-0.4, -0.2) is 49.1 Å². The second-order valence-corrected chi connectivity index (χ2v) is 15.5. The minimum absolute atomic E-state index is 0.0924. The van der Waals surface area contributed by atoms with Crippen molar-refractivity contribution in [3.63, 3.8) is 0 Å². The summed E-state index contributed by atoms with van der Waals surface area (Å²) in [5, 5.41) is 10.2. The highest BCUT2D eigenvalue weighted by Gasteiger charge is 2.20. The van der Waals surface area contributed by atoms with Crippen molar-refractivity contribution < 1.29 is 28.7 Å². The first-order valence-corrected chi connectivity index (χ1v) is 22.0. The van der Waals surface area contributed by atoms with Crippen LogP contribution in [-0.2, 0) is 19.1 Å².